The summed E-state index contributed by atoms with van der Waals surface area (Å²) in [6.07, 6.45) is 49.2. The van der Waals surface area contributed by atoms with Gasteiger partial charge < -0.3 is 89.9 Å². The number of allylic oxidation sites excluding steroid dienone is 1. The van der Waals surface area contributed by atoms with Crippen molar-refractivity contribution >= 4 is 5.91 Å². The third-order valence-corrected chi connectivity index (χ3v) is 21.6. The monoisotopic (exact) mass is 1440 g/mol. The number of carbonyl (C=O) groups excluding carboxylic acids is 1. The molecule has 0 saturated carbocycles. The Kier molecular flexibility index (Phi) is 58.9. The molecule has 0 radical (unpaired) electrons. The van der Waals surface area contributed by atoms with E-state index in [0.717, 1.165) is 44.9 Å². The van der Waals surface area contributed by atoms with E-state index in [1.165, 1.54) is 302 Å². The number of hydrogen-bond donors (Lipinski definition) is 12. The highest BCUT2D eigenvalue weighted by molar-refractivity contribution is 5.76. The summed E-state index contributed by atoms with van der Waals surface area (Å²) in [5.41, 5.74) is 0. The van der Waals surface area contributed by atoms with Crippen LogP contribution in [-0.4, -0.2) is 193 Å². The molecule has 101 heavy (non-hydrogen) atoms. The Labute approximate surface area is 614 Å². The number of ether oxygens (including phenoxy) is 6. The lowest BCUT2D eigenvalue weighted by atomic mass is 9.96. The minimum atomic E-state index is -1.98. The van der Waals surface area contributed by atoms with E-state index in [0.29, 0.717) is 6.42 Å². The molecule has 0 spiro atoms. The van der Waals surface area contributed by atoms with E-state index in [1.54, 1.807) is 6.08 Å². The number of aliphatic hydroxyl groups is 11. The van der Waals surface area contributed by atoms with Gasteiger partial charge in [0.15, 0.2) is 18.9 Å². The molecule has 19 nitrogen and oxygen atoms in total. The first-order chi connectivity index (χ1) is 49.3. The summed E-state index contributed by atoms with van der Waals surface area (Å²) in [4.78, 5) is 13.5. The predicted octanol–water partition coefficient (Wildman–Crippen LogP) is 14.7. The molecule has 0 aliphatic carbocycles. The lowest BCUT2D eigenvalue weighted by molar-refractivity contribution is -0.379. The predicted molar refractivity (Wildman–Crippen MR) is 402 cm³/mol. The zero-order valence-corrected chi connectivity index (χ0v) is 64.2. The van der Waals surface area contributed by atoms with Gasteiger partial charge in [-0.15, -0.1) is 0 Å². The molecule has 3 aliphatic rings. The van der Waals surface area contributed by atoms with Crippen LogP contribution in [0.1, 0.15) is 373 Å². The molecule has 0 bridgehead atoms. The van der Waals surface area contributed by atoms with E-state index in [1.807, 2.05) is 6.08 Å². The van der Waals surface area contributed by atoms with Gasteiger partial charge in [0.1, 0.15) is 73.2 Å². The third kappa shape index (κ3) is 43.3. The number of nitrogens with one attached hydrogen (secondary N) is 1. The molecule has 3 rings (SSSR count). The number of amides is 1. The van der Waals surface area contributed by atoms with Gasteiger partial charge in [-0.05, 0) is 19.3 Å². The van der Waals surface area contributed by atoms with Crippen molar-refractivity contribution in [3.63, 3.8) is 0 Å². The molecule has 19 heteroatoms. The minimum Gasteiger partial charge on any atom is -0.394 e. The fourth-order valence-electron chi connectivity index (χ4n) is 14.8. The number of carbonyl (C=O) groups is 1. The molecule has 12 N–H and O–H groups in total. The van der Waals surface area contributed by atoms with Crippen LogP contribution in [0.5, 0.6) is 0 Å². The second-order valence-corrected chi connectivity index (χ2v) is 30.7. The molecule has 3 fully saturated rings. The van der Waals surface area contributed by atoms with Gasteiger partial charge in [0.05, 0.1) is 38.6 Å². The SMILES string of the molecule is CCCCCCCCCCCCCCCCCCCCCCCCCCCC/C=C/C(O)C(COC1OC(CO)C(OC2OC(CO)C(OC3OC(CO)C(O)C(O)C3O)C(O)C2O)C(O)C1O)NC(=O)CCCCCCCCCCCCCCCCCCCCCCCCCCCCCC. The Morgan fingerprint density at radius 3 is 0.931 bits per heavy atom. The molecule has 0 aromatic heterocycles. The lowest BCUT2D eigenvalue weighted by Crippen LogP contribution is -2.66. The molecule has 0 aromatic carbocycles. The maximum Gasteiger partial charge on any atom is 0.220 e. The van der Waals surface area contributed by atoms with Crippen molar-refractivity contribution < 1.29 is 89.4 Å². The summed E-state index contributed by atoms with van der Waals surface area (Å²) in [6, 6.07) is -0.971. The van der Waals surface area contributed by atoms with Crippen LogP contribution in [-0.2, 0) is 33.2 Å². The van der Waals surface area contributed by atoms with E-state index >= 15 is 0 Å². The highest BCUT2D eigenvalue weighted by Crippen LogP contribution is 2.33. The fourth-order valence-corrected chi connectivity index (χ4v) is 14.8. The molecular formula is C82H157NO18. The van der Waals surface area contributed by atoms with Crippen LogP contribution in [0.15, 0.2) is 12.2 Å². The maximum atomic E-state index is 13.5. The van der Waals surface area contributed by atoms with Crippen molar-refractivity contribution in [2.24, 2.45) is 0 Å². The maximum absolute atomic E-state index is 13.5. The van der Waals surface area contributed by atoms with Crippen LogP contribution in [0, 0.1) is 0 Å². The molecule has 17 atom stereocenters. The molecular weight excluding hydrogens is 1290 g/mol. The summed E-state index contributed by atoms with van der Waals surface area (Å²) in [6.45, 7) is 1.81. The largest absolute Gasteiger partial charge is 0.394 e. The fraction of sp³-hybridized carbons (Fsp3) is 0.963. The van der Waals surface area contributed by atoms with E-state index in [2.05, 4.69) is 19.2 Å². The average Bonchev–Trinajstić information content (AvgIpc) is 0.782. The quantitative estimate of drug-likeness (QED) is 0.0199. The normalized spacial score (nSPS) is 26.3. The van der Waals surface area contributed by atoms with Gasteiger partial charge >= 0.3 is 0 Å². The lowest BCUT2D eigenvalue weighted by Gasteiger charge is -2.48. The van der Waals surface area contributed by atoms with Gasteiger partial charge in [-0.1, -0.05) is 360 Å². The van der Waals surface area contributed by atoms with Crippen molar-refractivity contribution in [3.05, 3.63) is 12.2 Å². The van der Waals surface area contributed by atoms with Gasteiger partial charge in [-0.25, -0.2) is 0 Å². The second kappa shape index (κ2) is 63.5. The van der Waals surface area contributed by atoms with Crippen LogP contribution in [0.3, 0.4) is 0 Å². The summed E-state index contributed by atoms with van der Waals surface area (Å²) in [7, 11) is 0. The van der Waals surface area contributed by atoms with E-state index in [9.17, 15) is 61.0 Å². The summed E-state index contributed by atoms with van der Waals surface area (Å²) >= 11 is 0. The van der Waals surface area contributed by atoms with Crippen molar-refractivity contribution in [1.82, 2.24) is 5.32 Å². The Bertz CT molecular complexity index is 1870. The van der Waals surface area contributed by atoms with Crippen LogP contribution in [0.4, 0.5) is 0 Å². The number of rotatable bonds is 69. The first-order valence-corrected chi connectivity index (χ1v) is 42.4. The average molecular weight is 1450 g/mol. The van der Waals surface area contributed by atoms with Gasteiger partial charge in [-0.3, -0.25) is 4.79 Å². The summed E-state index contributed by atoms with van der Waals surface area (Å²) in [5, 5.41) is 121. The van der Waals surface area contributed by atoms with E-state index in [-0.39, 0.29) is 18.9 Å². The zero-order valence-electron chi connectivity index (χ0n) is 64.2. The molecule has 3 aliphatic heterocycles. The summed E-state index contributed by atoms with van der Waals surface area (Å²) in [5.74, 6) is -0.265. The second-order valence-electron chi connectivity index (χ2n) is 30.7. The topological polar surface area (TPSA) is 307 Å². The highest BCUT2D eigenvalue weighted by atomic mass is 16.8. The van der Waals surface area contributed by atoms with Crippen molar-refractivity contribution in [3.8, 4) is 0 Å². The number of hydrogen-bond acceptors (Lipinski definition) is 18. The molecule has 3 saturated heterocycles. The smallest absolute Gasteiger partial charge is 0.220 e. The molecule has 1 amide bonds. The first-order valence-electron chi connectivity index (χ1n) is 42.4. The Morgan fingerprint density at radius 2 is 0.614 bits per heavy atom. The van der Waals surface area contributed by atoms with E-state index in [4.69, 9.17) is 28.4 Å². The summed E-state index contributed by atoms with van der Waals surface area (Å²) < 4.78 is 34.5. The van der Waals surface area contributed by atoms with Gasteiger partial charge in [0.2, 0.25) is 5.91 Å². The first kappa shape index (κ1) is 93.7. The van der Waals surface area contributed by atoms with Crippen LogP contribution in [0.2, 0.25) is 0 Å². The van der Waals surface area contributed by atoms with E-state index < -0.39 is 124 Å². The van der Waals surface area contributed by atoms with Gasteiger partial charge in [-0.2, -0.15) is 0 Å². The minimum absolute atomic E-state index is 0.250. The highest BCUT2D eigenvalue weighted by Gasteiger charge is 2.54. The van der Waals surface area contributed by atoms with Crippen LogP contribution in [0.25, 0.3) is 0 Å². The van der Waals surface area contributed by atoms with Crippen molar-refractivity contribution in [2.45, 2.75) is 478 Å². The Hall–Kier alpha value is -1.47. The molecule has 3 heterocycles. The Balaban J connectivity index is 1.36. The van der Waals surface area contributed by atoms with Crippen molar-refractivity contribution in [2.75, 3.05) is 26.4 Å². The Morgan fingerprint density at radius 1 is 0.347 bits per heavy atom. The van der Waals surface area contributed by atoms with Crippen LogP contribution >= 0.6 is 0 Å². The zero-order chi connectivity index (χ0) is 73.2. The molecule has 598 valence electrons. The number of unbranched alkanes of at least 4 members (excludes halogenated alkanes) is 53. The molecule has 17 unspecified atom stereocenters. The third-order valence-electron chi connectivity index (χ3n) is 21.6. The van der Waals surface area contributed by atoms with Crippen LogP contribution < -0.4 is 5.32 Å². The number of aliphatic hydroxyl groups excluding tert-OH is 11. The van der Waals surface area contributed by atoms with Gasteiger partial charge in [0.25, 0.3) is 0 Å². The molecule has 0 aromatic rings. The standard InChI is InChI=1S/C82H157NO18/c1-3-5-7-9-11-13-15-17-19-21-23-25-27-29-31-33-35-37-39-41-43-45-47-49-51-53-55-57-59-66(87)65(83-70(88)60-58-56-54-52-50-48-46-44-42-40-38-36-34-32-30-28-26-24-22-20-18-16-14-12-10-8-6-4-2)64-96-80-76(94)73(91)78(68(62-85)98-80)101-82-77(95)74(92)79(69(63-86)99-82)100-81-75(93)72(90)71(89)67(61-84)97-81/h57,59,65-69,71-82,84-87,89-95H,3-56,58,60-64H2,1-2H3,(H,83,88)/b59-57+. The van der Waals surface area contributed by atoms with Crippen molar-refractivity contribution in [1.29, 1.82) is 0 Å². The van der Waals surface area contributed by atoms with Gasteiger partial charge in [0, 0.05) is 6.42 Å².